The number of halogens is 3. The zero-order valence-electron chi connectivity index (χ0n) is 13.2. The molecule has 0 amide bonds. The number of esters is 1. The van der Waals surface area contributed by atoms with Crippen molar-refractivity contribution in [3.05, 3.63) is 52.8 Å². The number of ketones is 1. The van der Waals surface area contributed by atoms with Crippen molar-refractivity contribution in [2.75, 3.05) is 7.11 Å². The Morgan fingerprint density at radius 2 is 1.71 bits per heavy atom. The Hall–Kier alpha value is -2.70. The lowest BCUT2D eigenvalue weighted by atomic mass is 9.95. The number of Topliss-reactive ketones (excluding diaryl/α,β-unsaturated/α-hetero) is 1. The molecule has 24 heavy (non-hydrogen) atoms. The maximum atomic E-state index is 12.7. The number of hydrogen-bond donors (Lipinski definition) is 0. The van der Waals surface area contributed by atoms with Crippen LogP contribution in [0.1, 0.15) is 39.0 Å². The lowest BCUT2D eigenvalue weighted by molar-refractivity contribution is -0.137. The number of benzene rings is 1. The van der Waals surface area contributed by atoms with E-state index in [1.165, 1.54) is 32.2 Å². The van der Waals surface area contributed by atoms with Crippen molar-refractivity contribution in [2.45, 2.75) is 20.0 Å². The van der Waals surface area contributed by atoms with E-state index in [9.17, 15) is 22.8 Å². The summed E-state index contributed by atoms with van der Waals surface area (Å²) in [5, 5.41) is 0. The Bertz CT molecular complexity index is 796. The minimum absolute atomic E-state index is 0.0186. The highest BCUT2D eigenvalue weighted by molar-refractivity contribution is 6.03. The summed E-state index contributed by atoms with van der Waals surface area (Å²) in [6, 6.07) is 5.70. The Labute approximate surface area is 136 Å². The van der Waals surface area contributed by atoms with Gasteiger partial charge in [-0.2, -0.15) is 13.2 Å². The number of hydrogen-bond acceptors (Lipinski definition) is 4. The van der Waals surface area contributed by atoms with Crippen LogP contribution in [0, 0.1) is 6.92 Å². The fourth-order valence-electron chi connectivity index (χ4n) is 2.39. The summed E-state index contributed by atoms with van der Waals surface area (Å²) in [4.78, 5) is 27.6. The normalized spacial score (nSPS) is 11.2. The van der Waals surface area contributed by atoms with Gasteiger partial charge in [-0.1, -0.05) is 12.1 Å². The molecule has 0 spiro atoms. The van der Waals surface area contributed by atoms with Crippen molar-refractivity contribution in [3.8, 4) is 11.1 Å². The summed E-state index contributed by atoms with van der Waals surface area (Å²) < 4.78 is 42.7. The summed E-state index contributed by atoms with van der Waals surface area (Å²) in [5.41, 5.74) is 0.458. The second kappa shape index (κ2) is 6.43. The van der Waals surface area contributed by atoms with E-state index in [2.05, 4.69) is 9.72 Å². The molecule has 1 aromatic carbocycles. The molecule has 1 heterocycles. The number of rotatable bonds is 3. The second-order valence-electron chi connectivity index (χ2n) is 5.14. The Morgan fingerprint density at radius 3 is 2.17 bits per heavy atom. The Balaban J connectivity index is 2.65. The molecule has 0 saturated heterocycles. The number of alkyl halides is 3. The van der Waals surface area contributed by atoms with Crippen LogP contribution in [-0.4, -0.2) is 23.8 Å². The average Bonchev–Trinajstić information content (AvgIpc) is 2.52. The Kier molecular flexibility index (Phi) is 4.73. The molecular weight excluding hydrogens is 323 g/mol. The molecule has 7 heteroatoms. The molecule has 0 unspecified atom stereocenters. The van der Waals surface area contributed by atoms with Crippen LogP contribution in [0.2, 0.25) is 0 Å². The number of ether oxygens (including phenoxy) is 1. The first kappa shape index (κ1) is 17.7. The summed E-state index contributed by atoms with van der Waals surface area (Å²) in [5.74, 6) is -0.993. The van der Waals surface area contributed by atoms with E-state index in [0.29, 0.717) is 16.8 Å². The number of aromatic nitrogens is 1. The predicted molar refractivity (Wildman–Crippen MR) is 80.8 cm³/mol. The third kappa shape index (κ3) is 3.45. The van der Waals surface area contributed by atoms with E-state index in [-0.39, 0.29) is 17.0 Å². The van der Waals surface area contributed by atoms with Crippen LogP contribution in [-0.2, 0) is 10.9 Å². The van der Waals surface area contributed by atoms with E-state index < -0.39 is 17.7 Å². The second-order valence-corrected chi connectivity index (χ2v) is 5.14. The number of carbonyl (C=O) groups excluding carboxylic acids is 2. The molecule has 0 atom stereocenters. The molecule has 0 aliphatic carbocycles. The minimum atomic E-state index is -4.45. The molecule has 2 rings (SSSR count). The third-order valence-electron chi connectivity index (χ3n) is 3.47. The lowest BCUT2D eigenvalue weighted by Crippen LogP contribution is -2.10. The van der Waals surface area contributed by atoms with E-state index in [1.807, 2.05) is 0 Å². The van der Waals surface area contributed by atoms with Crippen LogP contribution in [0.5, 0.6) is 0 Å². The fourth-order valence-corrected chi connectivity index (χ4v) is 2.39. The molecule has 1 aromatic heterocycles. The first-order chi connectivity index (χ1) is 11.1. The quantitative estimate of drug-likeness (QED) is 0.626. The van der Waals surface area contributed by atoms with Crippen molar-refractivity contribution in [1.29, 1.82) is 0 Å². The van der Waals surface area contributed by atoms with Gasteiger partial charge in [0.2, 0.25) is 0 Å². The van der Waals surface area contributed by atoms with Gasteiger partial charge in [-0.3, -0.25) is 4.79 Å². The molecule has 126 valence electrons. The molecule has 0 radical (unpaired) electrons. The van der Waals surface area contributed by atoms with Crippen molar-refractivity contribution >= 4 is 11.8 Å². The molecule has 4 nitrogen and oxygen atoms in total. The first-order valence-corrected chi connectivity index (χ1v) is 6.93. The summed E-state index contributed by atoms with van der Waals surface area (Å²) in [6.07, 6.45) is -4.45. The molecule has 0 bridgehead atoms. The zero-order chi connectivity index (χ0) is 18.1. The number of pyridine rings is 1. The summed E-state index contributed by atoms with van der Waals surface area (Å²) >= 11 is 0. The number of aryl methyl sites for hydroxylation is 1. The smallest absolute Gasteiger partial charge is 0.416 e. The van der Waals surface area contributed by atoms with Gasteiger partial charge in [0, 0.05) is 11.3 Å². The molecule has 0 fully saturated rings. The predicted octanol–water partition coefficient (Wildman–Crippen LogP) is 4.07. The van der Waals surface area contributed by atoms with Crippen LogP contribution in [0.15, 0.2) is 30.3 Å². The number of carbonyl (C=O) groups is 2. The number of methoxy groups -OCH3 is 1. The van der Waals surface area contributed by atoms with Gasteiger partial charge in [0.15, 0.2) is 5.78 Å². The van der Waals surface area contributed by atoms with Gasteiger partial charge in [-0.15, -0.1) is 0 Å². The van der Waals surface area contributed by atoms with Gasteiger partial charge < -0.3 is 4.74 Å². The Morgan fingerprint density at radius 1 is 1.12 bits per heavy atom. The standard InChI is InChI=1S/C17H14F3NO3/c1-9-15(10(2)22)13(8-14(21-9)16(23)24-3)11-4-6-12(7-5-11)17(18,19)20/h4-8H,1-3H3. The van der Waals surface area contributed by atoms with Crippen molar-refractivity contribution in [2.24, 2.45) is 0 Å². The van der Waals surface area contributed by atoms with Crippen molar-refractivity contribution in [1.82, 2.24) is 4.98 Å². The maximum Gasteiger partial charge on any atom is 0.416 e. The molecule has 0 saturated carbocycles. The molecule has 0 aliphatic heterocycles. The highest BCUT2D eigenvalue weighted by Crippen LogP contribution is 2.32. The van der Waals surface area contributed by atoms with E-state index in [0.717, 1.165) is 12.1 Å². The van der Waals surface area contributed by atoms with Crippen LogP contribution in [0.25, 0.3) is 11.1 Å². The van der Waals surface area contributed by atoms with E-state index in [1.54, 1.807) is 6.92 Å². The van der Waals surface area contributed by atoms with E-state index in [4.69, 9.17) is 0 Å². The monoisotopic (exact) mass is 337 g/mol. The van der Waals surface area contributed by atoms with Crippen LogP contribution in [0.4, 0.5) is 13.2 Å². The fraction of sp³-hybridized carbons (Fsp3) is 0.235. The third-order valence-corrected chi connectivity index (χ3v) is 3.47. The minimum Gasteiger partial charge on any atom is -0.464 e. The van der Waals surface area contributed by atoms with Crippen LogP contribution in [0.3, 0.4) is 0 Å². The molecule has 0 N–H and O–H groups in total. The van der Waals surface area contributed by atoms with Gasteiger partial charge in [-0.25, -0.2) is 9.78 Å². The van der Waals surface area contributed by atoms with Crippen molar-refractivity contribution in [3.63, 3.8) is 0 Å². The van der Waals surface area contributed by atoms with Crippen molar-refractivity contribution < 1.29 is 27.5 Å². The zero-order valence-corrected chi connectivity index (χ0v) is 13.2. The highest BCUT2D eigenvalue weighted by atomic mass is 19.4. The summed E-state index contributed by atoms with van der Waals surface area (Å²) in [7, 11) is 1.19. The van der Waals surface area contributed by atoms with Gasteiger partial charge >= 0.3 is 12.1 Å². The number of nitrogens with zero attached hydrogens (tertiary/aromatic N) is 1. The molecule has 0 aliphatic rings. The van der Waals surface area contributed by atoms with Crippen LogP contribution < -0.4 is 0 Å². The first-order valence-electron chi connectivity index (χ1n) is 6.93. The maximum absolute atomic E-state index is 12.7. The topological polar surface area (TPSA) is 56.3 Å². The van der Waals surface area contributed by atoms with Crippen LogP contribution >= 0.6 is 0 Å². The summed E-state index contributed by atoms with van der Waals surface area (Å²) in [6.45, 7) is 2.88. The lowest BCUT2D eigenvalue weighted by Gasteiger charge is -2.13. The van der Waals surface area contributed by atoms with Gasteiger partial charge in [0.25, 0.3) is 0 Å². The van der Waals surface area contributed by atoms with Gasteiger partial charge in [0.05, 0.1) is 12.7 Å². The van der Waals surface area contributed by atoms with Gasteiger partial charge in [-0.05, 0) is 43.2 Å². The largest absolute Gasteiger partial charge is 0.464 e. The SMILES string of the molecule is COC(=O)c1cc(-c2ccc(C(F)(F)F)cc2)c(C(C)=O)c(C)n1. The van der Waals surface area contributed by atoms with Gasteiger partial charge in [0.1, 0.15) is 5.69 Å². The average molecular weight is 337 g/mol. The molecule has 2 aromatic rings. The van der Waals surface area contributed by atoms with E-state index >= 15 is 0 Å². The highest BCUT2D eigenvalue weighted by Gasteiger charge is 2.30. The molecular formula is C17H14F3NO3.